The van der Waals surface area contributed by atoms with Crippen LogP contribution in [0.2, 0.25) is 5.02 Å². The third kappa shape index (κ3) is 4.99. The van der Waals surface area contributed by atoms with Gasteiger partial charge in [-0.05, 0) is 49.2 Å². The van der Waals surface area contributed by atoms with E-state index in [0.717, 1.165) is 5.56 Å². The molecule has 0 spiro atoms. The van der Waals surface area contributed by atoms with Crippen LogP contribution in [0.1, 0.15) is 29.5 Å². The van der Waals surface area contributed by atoms with Crippen molar-refractivity contribution in [3.63, 3.8) is 0 Å². The summed E-state index contributed by atoms with van der Waals surface area (Å²) in [6, 6.07) is 7.87. The van der Waals surface area contributed by atoms with Crippen molar-refractivity contribution >= 4 is 40.3 Å². The lowest BCUT2D eigenvalue weighted by molar-refractivity contribution is -0.122. The van der Waals surface area contributed by atoms with Crippen LogP contribution in [0.4, 0.5) is 28.9 Å². The standard InChI is InChI=1S/C23H23Cl2F4N3/c1-11-7-15(9-16(21(11)24)12(2)31-10-23(27,28)29)32-13(3)19-20(22(19,4)25)14-5-6-17(26)18(30)8-14/h5-9,19-20,31-32H,2-3,10,30H2,1,4H3. The summed E-state index contributed by atoms with van der Waals surface area (Å²) in [7, 11) is 0. The molecule has 0 radical (unpaired) electrons. The minimum atomic E-state index is -4.38. The fraction of sp³-hybridized carbons (Fsp3) is 0.304. The highest BCUT2D eigenvalue weighted by Gasteiger charge is 2.62. The monoisotopic (exact) mass is 487 g/mol. The van der Waals surface area contributed by atoms with Crippen molar-refractivity contribution in [2.75, 3.05) is 17.6 Å². The smallest absolute Gasteiger partial charge is 0.396 e. The second-order valence-corrected chi connectivity index (χ2v) is 9.33. The summed E-state index contributed by atoms with van der Waals surface area (Å²) < 4.78 is 51.2. The van der Waals surface area contributed by atoms with Crippen molar-refractivity contribution in [3.05, 3.63) is 76.7 Å². The summed E-state index contributed by atoms with van der Waals surface area (Å²) in [5.41, 5.74) is 8.78. The van der Waals surface area contributed by atoms with Crippen LogP contribution >= 0.6 is 23.2 Å². The number of aryl methyl sites for hydroxylation is 1. The minimum absolute atomic E-state index is 0.0435. The molecule has 3 rings (SSSR count). The van der Waals surface area contributed by atoms with E-state index in [1.807, 2.05) is 6.92 Å². The van der Waals surface area contributed by atoms with Crippen molar-refractivity contribution in [1.82, 2.24) is 5.32 Å². The van der Waals surface area contributed by atoms with Gasteiger partial charge in [-0.1, -0.05) is 30.8 Å². The number of hydrogen-bond donors (Lipinski definition) is 3. The number of nitrogen functional groups attached to an aromatic ring is 1. The van der Waals surface area contributed by atoms with Crippen molar-refractivity contribution in [3.8, 4) is 0 Å². The fourth-order valence-corrected chi connectivity index (χ4v) is 4.59. The first-order chi connectivity index (χ1) is 14.7. The van der Waals surface area contributed by atoms with Gasteiger partial charge in [-0.15, -0.1) is 11.6 Å². The maximum absolute atomic E-state index is 13.5. The van der Waals surface area contributed by atoms with Crippen LogP contribution in [-0.4, -0.2) is 17.6 Å². The first-order valence-electron chi connectivity index (χ1n) is 9.72. The molecule has 3 unspecified atom stereocenters. The summed E-state index contributed by atoms with van der Waals surface area (Å²) in [6.07, 6.45) is -4.38. The first kappa shape index (κ1) is 24.3. The molecule has 2 aromatic rings. The lowest BCUT2D eigenvalue weighted by Gasteiger charge is -2.17. The Kier molecular flexibility index (Phi) is 6.46. The van der Waals surface area contributed by atoms with Gasteiger partial charge in [-0.3, -0.25) is 0 Å². The molecule has 1 saturated carbocycles. The maximum Gasteiger partial charge on any atom is 0.405 e. The van der Waals surface area contributed by atoms with Crippen LogP contribution in [0.25, 0.3) is 5.70 Å². The van der Waals surface area contributed by atoms with Gasteiger partial charge in [0, 0.05) is 34.5 Å². The quantitative estimate of drug-likeness (QED) is 0.228. The highest BCUT2D eigenvalue weighted by atomic mass is 35.5. The topological polar surface area (TPSA) is 50.1 Å². The van der Waals surface area contributed by atoms with Crippen LogP contribution in [0.3, 0.4) is 0 Å². The Morgan fingerprint density at radius 3 is 2.47 bits per heavy atom. The zero-order valence-corrected chi connectivity index (χ0v) is 19.0. The second kappa shape index (κ2) is 8.52. The summed E-state index contributed by atoms with van der Waals surface area (Å²) in [4.78, 5) is -0.656. The molecule has 4 N–H and O–H groups in total. The molecule has 1 aliphatic rings. The van der Waals surface area contributed by atoms with Gasteiger partial charge in [-0.25, -0.2) is 4.39 Å². The van der Waals surface area contributed by atoms with E-state index in [9.17, 15) is 17.6 Å². The zero-order valence-electron chi connectivity index (χ0n) is 17.5. The number of halogens is 6. The highest BCUT2D eigenvalue weighted by Crippen LogP contribution is 2.64. The van der Waals surface area contributed by atoms with Gasteiger partial charge in [0.15, 0.2) is 0 Å². The van der Waals surface area contributed by atoms with E-state index in [4.69, 9.17) is 28.9 Å². The molecule has 0 aromatic heterocycles. The number of hydrogen-bond acceptors (Lipinski definition) is 3. The molecule has 9 heteroatoms. The zero-order chi connectivity index (χ0) is 24.0. The molecule has 2 aromatic carbocycles. The SMILES string of the molecule is C=C(NCC(F)(F)F)c1cc(NC(=C)C2C(c3ccc(F)c(N)c3)C2(C)Cl)cc(C)c1Cl. The van der Waals surface area contributed by atoms with E-state index in [1.165, 1.54) is 6.07 Å². The Bertz CT molecular complexity index is 1080. The van der Waals surface area contributed by atoms with Gasteiger partial charge in [0.1, 0.15) is 12.4 Å². The number of benzene rings is 2. The maximum atomic E-state index is 13.5. The predicted molar refractivity (Wildman–Crippen MR) is 123 cm³/mol. The minimum Gasteiger partial charge on any atom is -0.396 e. The Hall–Kier alpha value is -2.38. The predicted octanol–water partition coefficient (Wildman–Crippen LogP) is 6.83. The van der Waals surface area contributed by atoms with E-state index >= 15 is 0 Å². The number of anilines is 2. The Labute approximate surface area is 194 Å². The van der Waals surface area contributed by atoms with E-state index in [1.54, 1.807) is 31.2 Å². The number of rotatable bonds is 7. The van der Waals surface area contributed by atoms with Crippen molar-refractivity contribution in [1.29, 1.82) is 0 Å². The molecule has 0 saturated heterocycles. The van der Waals surface area contributed by atoms with Crippen molar-refractivity contribution in [2.24, 2.45) is 5.92 Å². The Balaban J connectivity index is 1.79. The number of nitrogens with one attached hydrogen (secondary N) is 2. The molecule has 0 aliphatic heterocycles. The average Bonchev–Trinajstić information content (AvgIpc) is 3.26. The van der Waals surface area contributed by atoms with Crippen LogP contribution in [-0.2, 0) is 0 Å². The van der Waals surface area contributed by atoms with Gasteiger partial charge in [-0.2, -0.15) is 13.2 Å². The molecule has 3 atom stereocenters. The number of alkyl halides is 4. The van der Waals surface area contributed by atoms with Gasteiger partial charge in [0.25, 0.3) is 0 Å². The van der Waals surface area contributed by atoms with Crippen molar-refractivity contribution in [2.45, 2.75) is 30.8 Å². The van der Waals surface area contributed by atoms with E-state index in [0.29, 0.717) is 27.5 Å². The van der Waals surface area contributed by atoms with Gasteiger partial charge >= 0.3 is 6.18 Å². The summed E-state index contributed by atoms with van der Waals surface area (Å²) in [6.45, 7) is 10.2. The molecular weight excluding hydrogens is 465 g/mol. The van der Waals surface area contributed by atoms with Crippen LogP contribution in [0, 0.1) is 18.7 Å². The van der Waals surface area contributed by atoms with E-state index in [2.05, 4.69) is 23.8 Å². The third-order valence-electron chi connectivity index (χ3n) is 5.58. The lowest BCUT2D eigenvalue weighted by atomic mass is 10.1. The normalized spacial score (nSPS) is 22.4. The molecule has 172 valence electrons. The second-order valence-electron chi connectivity index (χ2n) is 8.14. The van der Waals surface area contributed by atoms with Crippen LogP contribution in [0.15, 0.2) is 49.2 Å². The largest absolute Gasteiger partial charge is 0.405 e. The number of allylic oxidation sites excluding steroid dienone is 1. The lowest BCUT2D eigenvalue weighted by Crippen LogP contribution is -2.27. The van der Waals surface area contributed by atoms with Crippen LogP contribution < -0.4 is 16.4 Å². The summed E-state index contributed by atoms with van der Waals surface area (Å²) in [5, 5.41) is 5.74. The summed E-state index contributed by atoms with van der Waals surface area (Å²) in [5.74, 6) is -0.814. The molecule has 0 heterocycles. The molecular formula is C23H23Cl2F4N3. The molecule has 1 fully saturated rings. The Morgan fingerprint density at radius 2 is 1.88 bits per heavy atom. The molecule has 32 heavy (non-hydrogen) atoms. The highest BCUT2D eigenvalue weighted by molar-refractivity contribution is 6.33. The molecule has 3 nitrogen and oxygen atoms in total. The average molecular weight is 488 g/mol. The third-order valence-corrected chi connectivity index (χ3v) is 6.55. The first-order valence-corrected chi connectivity index (χ1v) is 10.5. The van der Waals surface area contributed by atoms with Gasteiger partial charge in [0.2, 0.25) is 0 Å². The summed E-state index contributed by atoms with van der Waals surface area (Å²) >= 11 is 13.0. The Morgan fingerprint density at radius 1 is 1.22 bits per heavy atom. The fourth-order valence-electron chi connectivity index (χ4n) is 3.92. The number of nitrogens with two attached hydrogens (primary N) is 1. The van der Waals surface area contributed by atoms with E-state index in [-0.39, 0.29) is 23.2 Å². The van der Waals surface area contributed by atoms with E-state index < -0.39 is 23.4 Å². The van der Waals surface area contributed by atoms with Gasteiger partial charge < -0.3 is 16.4 Å². The van der Waals surface area contributed by atoms with Gasteiger partial charge in [0.05, 0.1) is 15.6 Å². The molecule has 1 aliphatic carbocycles. The molecule has 0 amide bonds. The molecule has 0 bridgehead atoms. The van der Waals surface area contributed by atoms with Crippen LogP contribution in [0.5, 0.6) is 0 Å². The van der Waals surface area contributed by atoms with Crippen molar-refractivity contribution < 1.29 is 17.6 Å².